The molecule has 0 bridgehead atoms. The summed E-state index contributed by atoms with van der Waals surface area (Å²) in [5.74, 6) is 0.906. The summed E-state index contributed by atoms with van der Waals surface area (Å²) in [4.78, 5) is 11.8. The number of aromatic nitrogens is 4. The van der Waals surface area contributed by atoms with Gasteiger partial charge in [-0.2, -0.15) is 16.4 Å². The smallest absolute Gasteiger partial charge is 0.248 e. The number of nitrogens with one attached hydrogen (secondary N) is 1. The Labute approximate surface area is 131 Å². The highest BCUT2D eigenvalue weighted by Crippen LogP contribution is 2.20. The maximum Gasteiger partial charge on any atom is 0.248 e. The normalized spacial score (nSPS) is 10.8. The standard InChI is InChI=1S/C14H15N5O2S/c1-19-8-10(7-16-19)6-15-12(20)2-3-13-17-18-14(21-13)11-4-5-22-9-11/h4-5,7-9H,2-3,6H2,1H3,(H,15,20). The molecule has 0 aliphatic carbocycles. The lowest BCUT2D eigenvalue weighted by molar-refractivity contribution is -0.121. The molecular formula is C14H15N5O2S. The fourth-order valence-corrected chi connectivity index (χ4v) is 2.56. The SMILES string of the molecule is Cn1cc(CNC(=O)CCc2nnc(-c3ccsc3)o2)cn1. The number of thiophene rings is 1. The molecule has 3 heterocycles. The summed E-state index contributed by atoms with van der Waals surface area (Å²) in [6.45, 7) is 0.469. The lowest BCUT2D eigenvalue weighted by Gasteiger charge is -2.01. The molecule has 1 N–H and O–H groups in total. The van der Waals surface area contributed by atoms with Gasteiger partial charge in [0.1, 0.15) is 0 Å². The van der Waals surface area contributed by atoms with Crippen LogP contribution in [0.25, 0.3) is 11.5 Å². The molecule has 0 fully saturated rings. The third-order valence-corrected chi connectivity index (χ3v) is 3.73. The van der Waals surface area contributed by atoms with Crippen LogP contribution >= 0.6 is 11.3 Å². The Bertz CT molecular complexity index is 747. The Morgan fingerprint density at radius 3 is 3.09 bits per heavy atom. The van der Waals surface area contributed by atoms with Gasteiger partial charge < -0.3 is 9.73 Å². The van der Waals surface area contributed by atoms with Crippen LogP contribution in [0, 0.1) is 0 Å². The van der Waals surface area contributed by atoms with Gasteiger partial charge in [-0.25, -0.2) is 0 Å². The van der Waals surface area contributed by atoms with Crippen LogP contribution in [0.4, 0.5) is 0 Å². The summed E-state index contributed by atoms with van der Waals surface area (Å²) < 4.78 is 7.24. The number of hydrogen-bond donors (Lipinski definition) is 1. The molecule has 8 heteroatoms. The second kappa shape index (κ2) is 6.52. The highest BCUT2D eigenvalue weighted by atomic mass is 32.1. The van der Waals surface area contributed by atoms with E-state index in [1.165, 1.54) is 0 Å². The molecule has 0 unspecified atom stereocenters. The van der Waals surface area contributed by atoms with Gasteiger partial charge in [0.05, 0.1) is 6.20 Å². The van der Waals surface area contributed by atoms with Gasteiger partial charge in [0, 0.05) is 49.1 Å². The summed E-state index contributed by atoms with van der Waals surface area (Å²) in [6.07, 6.45) is 4.33. The third kappa shape index (κ3) is 3.59. The molecule has 0 aliphatic heterocycles. The molecule has 0 atom stereocenters. The fourth-order valence-electron chi connectivity index (χ4n) is 1.93. The topological polar surface area (TPSA) is 85.8 Å². The van der Waals surface area contributed by atoms with Crippen molar-refractivity contribution in [2.45, 2.75) is 19.4 Å². The Balaban J connectivity index is 1.47. The number of hydrogen-bond acceptors (Lipinski definition) is 6. The number of carbonyl (C=O) groups excluding carboxylic acids is 1. The second-order valence-corrected chi connectivity index (χ2v) is 5.59. The monoisotopic (exact) mass is 317 g/mol. The zero-order valence-electron chi connectivity index (χ0n) is 12.0. The predicted molar refractivity (Wildman–Crippen MR) is 81.0 cm³/mol. The van der Waals surface area contributed by atoms with Crippen LogP contribution in [0.3, 0.4) is 0 Å². The molecule has 114 valence electrons. The number of rotatable bonds is 6. The Morgan fingerprint density at radius 2 is 2.36 bits per heavy atom. The van der Waals surface area contributed by atoms with Crippen molar-refractivity contribution in [3.8, 4) is 11.5 Å². The van der Waals surface area contributed by atoms with E-state index in [4.69, 9.17) is 4.42 Å². The van der Waals surface area contributed by atoms with E-state index in [1.54, 1.807) is 22.2 Å². The molecule has 22 heavy (non-hydrogen) atoms. The van der Waals surface area contributed by atoms with E-state index in [-0.39, 0.29) is 5.91 Å². The summed E-state index contributed by atoms with van der Waals surface area (Å²) in [5.41, 5.74) is 1.87. The Kier molecular flexibility index (Phi) is 4.29. The molecule has 1 amide bonds. The van der Waals surface area contributed by atoms with Gasteiger partial charge in [0.2, 0.25) is 17.7 Å². The summed E-state index contributed by atoms with van der Waals surface area (Å²) >= 11 is 1.57. The van der Waals surface area contributed by atoms with Crippen LogP contribution < -0.4 is 5.32 Å². The van der Waals surface area contributed by atoms with Gasteiger partial charge in [-0.1, -0.05) is 0 Å². The molecule has 0 radical (unpaired) electrons. The third-order valence-electron chi connectivity index (χ3n) is 3.05. The van der Waals surface area contributed by atoms with E-state index >= 15 is 0 Å². The molecule has 3 aromatic rings. The van der Waals surface area contributed by atoms with Crippen LogP contribution in [-0.2, 0) is 24.8 Å². The Morgan fingerprint density at radius 1 is 1.45 bits per heavy atom. The zero-order chi connectivity index (χ0) is 15.4. The Hall–Kier alpha value is -2.48. The molecule has 7 nitrogen and oxygen atoms in total. The summed E-state index contributed by atoms with van der Waals surface area (Å²) in [6, 6.07) is 1.92. The molecule has 0 aromatic carbocycles. The maximum atomic E-state index is 11.8. The van der Waals surface area contributed by atoms with E-state index in [2.05, 4.69) is 20.6 Å². The molecular weight excluding hydrogens is 302 g/mol. The van der Waals surface area contributed by atoms with Crippen LogP contribution in [0.15, 0.2) is 33.6 Å². The van der Waals surface area contributed by atoms with Crippen LogP contribution in [0.2, 0.25) is 0 Å². The lowest BCUT2D eigenvalue weighted by Crippen LogP contribution is -2.22. The van der Waals surface area contributed by atoms with Crippen molar-refractivity contribution in [2.75, 3.05) is 0 Å². The van der Waals surface area contributed by atoms with E-state index in [0.717, 1.165) is 11.1 Å². The van der Waals surface area contributed by atoms with Crippen LogP contribution in [0.1, 0.15) is 17.9 Å². The van der Waals surface area contributed by atoms with Gasteiger partial charge in [-0.3, -0.25) is 9.48 Å². The first-order valence-electron chi connectivity index (χ1n) is 6.80. The molecule has 0 saturated carbocycles. The molecule has 0 saturated heterocycles. The first-order valence-corrected chi connectivity index (χ1v) is 7.74. The van der Waals surface area contributed by atoms with Gasteiger partial charge >= 0.3 is 0 Å². The molecule has 3 aromatic heterocycles. The van der Waals surface area contributed by atoms with Crippen molar-refractivity contribution >= 4 is 17.2 Å². The van der Waals surface area contributed by atoms with Gasteiger partial charge in [0.25, 0.3) is 0 Å². The number of amides is 1. The summed E-state index contributed by atoms with van der Waals surface area (Å²) in [7, 11) is 1.84. The van der Waals surface area contributed by atoms with Gasteiger partial charge in [-0.15, -0.1) is 10.2 Å². The highest BCUT2D eigenvalue weighted by molar-refractivity contribution is 7.08. The molecule has 0 spiro atoms. The van der Waals surface area contributed by atoms with Crippen molar-refractivity contribution < 1.29 is 9.21 Å². The minimum atomic E-state index is -0.0564. The average Bonchev–Trinajstić information content (AvgIpc) is 3.23. The minimum Gasteiger partial charge on any atom is -0.421 e. The predicted octanol–water partition coefficient (Wildman–Crippen LogP) is 1.78. The minimum absolute atomic E-state index is 0.0564. The summed E-state index contributed by atoms with van der Waals surface area (Å²) in [5, 5.41) is 18.7. The molecule has 3 rings (SSSR count). The van der Waals surface area contributed by atoms with E-state index < -0.39 is 0 Å². The van der Waals surface area contributed by atoms with Gasteiger partial charge in [0.15, 0.2) is 0 Å². The van der Waals surface area contributed by atoms with Crippen LogP contribution in [-0.4, -0.2) is 25.9 Å². The van der Waals surface area contributed by atoms with Gasteiger partial charge in [-0.05, 0) is 11.4 Å². The maximum absolute atomic E-state index is 11.8. The first kappa shape index (κ1) is 14.5. The van der Waals surface area contributed by atoms with E-state index in [9.17, 15) is 4.79 Å². The fraction of sp³-hybridized carbons (Fsp3) is 0.286. The van der Waals surface area contributed by atoms with Crippen molar-refractivity contribution in [2.24, 2.45) is 7.05 Å². The van der Waals surface area contributed by atoms with E-state index in [1.807, 2.05) is 30.1 Å². The number of nitrogens with zero attached hydrogens (tertiary/aromatic N) is 4. The lowest BCUT2D eigenvalue weighted by atomic mass is 10.3. The average molecular weight is 317 g/mol. The quantitative estimate of drug-likeness (QED) is 0.749. The first-order chi connectivity index (χ1) is 10.7. The molecule has 0 aliphatic rings. The largest absolute Gasteiger partial charge is 0.421 e. The second-order valence-electron chi connectivity index (χ2n) is 4.81. The van der Waals surface area contributed by atoms with Crippen molar-refractivity contribution in [3.63, 3.8) is 0 Å². The van der Waals surface area contributed by atoms with Crippen LogP contribution in [0.5, 0.6) is 0 Å². The van der Waals surface area contributed by atoms with Crippen molar-refractivity contribution in [1.29, 1.82) is 0 Å². The van der Waals surface area contributed by atoms with E-state index in [0.29, 0.717) is 31.2 Å². The highest BCUT2D eigenvalue weighted by Gasteiger charge is 2.10. The van der Waals surface area contributed by atoms with Crippen molar-refractivity contribution in [1.82, 2.24) is 25.3 Å². The number of carbonyl (C=O) groups is 1. The zero-order valence-corrected chi connectivity index (χ0v) is 12.8. The van der Waals surface area contributed by atoms with Crippen molar-refractivity contribution in [3.05, 3.63) is 40.7 Å². The number of aryl methyl sites for hydroxylation is 2.